The van der Waals surface area contributed by atoms with Crippen LogP contribution in [0.4, 0.5) is 4.39 Å². The highest BCUT2D eigenvalue weighted by Gasteiger charge is 2.08. The van der Waals surface area contributed by atoms with E-state index in [9.17, 15) is 14.0 Å². The van der Waals surface area contributed by atoms with E-state index in [0.29, 0.717) is 12.1 Å². The normalized spacial score (nSPS) is 10.7. The minimum Gasteiger partial charge on any atom is -0.349 e. The van der Waals surface area contributed by atoms with Gasteiger partial charge in [0.1, 0.15) is 12.4 Å². The minimum absolute atomic E-state index is 0.0370. The van der Waals surface area contributed by atoms with Crippen LogP contribution in [0.2, 0.25) is 0 Å². The molecule has 6 heteroatoms. The molecule has 23 heavy (non-hydrogen) atoms. The molecule has 0 bridgehead atoms. The number of benzene rings is 1. The van der Waals surface area contributed by atoms with Gasteiger partial charge < -0.3 is 9.88 Å². The lowest BCUT2D eigenvalue weighted by atomic mass is 10.2. The Kier molecular flexibility index (Phi) is 4.14. The molecular weight excluding hydrogens is 297 g/mol. The van der Waals surface area contributed by atoms with Gasteiger partial charge in [-0.3, -0.25) is 14.6 Å². The van der Waals surface area contributed by atoms with Gasteiger partial charge >= 0.3 is 0 Å². The Morgan fingerprint density at radius 1 is 1.22 bits per heavy atom. The van der Waals surface area contributed by atoms with Crippen molar-refractivity contribution in [2.75, 3.05) is 0 Å². The number of rotatable bonds is 4. The molecule has 0 aliphatic carbocycles. The number of halogens is 1. The number of hydrogen-bond acceptors (Lipinski definition) is 3. The third kappa shape index (κ3) is 3.42. The lowest BCUT2D eigenvalue weighted by Gasteiger charge is -2.11. The van der Waals surface area contributed by atoms with Crippen LogP contribution in [-0.2, 0) is 17.9 Å². The fourth-order valence-corrected chi connectivity index (χ4v) is 2.32. The lowest BCUT2D eigenvalue weighted by molar-refractivity contribution is -0.121. The molecule has 0 saturated heterocycles. The van der Waals surface area contributed by atoms with Crippen LogP contribution < -0.4 is 10.7 Å². The van der Waals surface area contributed by atoms with E-state index in [-0.39, 0.29) is 23.3 Å². The first-order chi connectivity index (χ1) is 11.1. The summed E-state index contributed by atoms with van der Waals surface area (Å²) in [6, 6.07) is 10.7. The molecule has 0 spiro atoms. The second-order valence-corrected chi connectivity index (χ2v) is 5.07. The van der Waals surface area contributed by atoms with Crippen LogP contribution >= 0.6 is 0 Å². The molecule has 116 valence electrons. The van der Waals surface area contributed by atoms with Gasteiger partial charge in [-0.05, 0) is 30.3 Å². The average Bonchev–Trinajstić information content (AvgIpc) is 2.57. The maximum absolute atomic E-state index is 13.3. The van der Waals surface area contributed by atoms with E-state index in [4.69, 9.17) is 0 Å². The monoisotopic (exact) mass is 311 g/mol. The van der Waals surface area contributed by atoms with E-state index in [1.807, 2.05) is 12.1 Å². The zero-order valence-corrected chi connectivity index (χ0v) is 12.2. The van der Waals surface area contributed by atoms with Gasteiger partial charge in [-0.2, -0.15) is 0 Å². The number of nitrogens with zero attached hydrogens (tertiary/aromatic N) is 2. The number of amides is 1. The smallest absolute Gasteiger partial charge is 0.240 e. The molecule has 2 aromatic heterocycles. The number of pyridine rings is 2. The molecule has 0 radical (unpaired) electrons. The van der Waals surface area contributed by atoms with Crippen LogP contribution in [0.1, 0.15) is 5.69 Å². The summed E-state index contributed by atoms with van der Waals surface area (Å²) in [5.41, 5.74) is 1.00. The van der Waals surface area contributed by atoms with Crippen molar-refractivity contribution < 1.29 is 9.18 Å². The third-order valence-corrected chi connectivity index (χ3v) is 3.45. The second-order valence-electron chi connectivity index (χ2n) is 5.07. The number of carbonyl (C=O) groups excluding carboxylic acids is 1. The SMILES string of the molecule is O=C(Cn1ccc(=O)c2cc(F)ccc21)NCc1ccccn1. The van der Waals surface area contributed by atoms with Gasteiger partial charge in [0.2, 0.25) is 5.91 Å². The van der Waals surface area contributed by atoms with Crippen molar-refractivity contribution in [2.24, 2.45) is 0 Å². The Hall–Kier alpha value is -3.02. The van der Waals surface area contributed by atoms with Crippen LogP contribution in [0.25, 0.3) is 10.9 Å². The topological polar surface area (TPSA) is 64.0 Å². The van der Waals surface area contributed by atoms with Gasteiger partial charge in [-0.25, -0.2) is 4.39 Å². The summed E-state index contributed by atoms with van der Waals surface area (Å²) in [6.45, 7) is 0.363. The van der Waals surface area contributed by atoms with E-state index in [1.165, 1.54) is 30.5 Å². The highest BCUT2D eigenvalue weighted by Crippen LogP contribution is 2.12. The second kappa shape index (κ2) is 6.39. The van der Waals surface area contributed by atoms with Crippen molar-refractivity contribution in [1.82, 2.24) is 14.9 Å². The van der Waals surface area contributed by atoms with Crippen LogP contribution in [0.15, 0.2) is 59.7 Å². The molecule has 5 nitrogen and oxygen atoms in total. The molecular formula is C17H14FN3O2. The van der Waals surface area contributed by atoms with Crippen molar-refractivity contribution in [3.63, 3.8) is 0 Å². The quantitative estimate of drug-likeness (QED) is 0.800. The molecule has 0 unspecified atom stereocenters. The fourth-order valence-electron chi connectivity index (χ4n) is 2.32. The lowest BCUT2D eigenvalue weighted by Crippen LogP contribution is -2.28. The van der Waals surface area contributed by atoms with Gasteiger partial charge in [0, 0.05) is 23.8 Å². The first-order valence-corrected chi connectivity index (χ1v) is 7.09. The number of carbonyl (C=O) groups is 1. The van der Waals surface area contributed by atoms with Crippen molar-refractivity contribution in [2.45, 2.75) is 13.1 Å². The van der Waals surface area contributed by atoms with E-state index < -0.39 is 5.82 Å². The molecule has 1 amide bonds. The molecule has 0 saturated carbocycles. The number of hydrogen-bond donors (Lipinski definition) is 1. The fraction of sp³-hybridized carbons (Fsp3) is 0.118. The predicted octanol–water partition coefficient (Wildman–Crippen LogP) is 1.85. The van der Waals surface area contributed by atoms with E-state index >= 15 is 0 Å². The van der Waals surface area contributed by atoms with Crippen molar-refractivity contribution in [3.8, 4) is 0 Å². The summed E-state index contributed by atoms with van der Waals surface area (Å²) < 4.78 is 14.9. The van der Waals surface area contributed by atoms with Crippen molar-refractivity contribution >= 4 is 16.8 Å². The predicted molar refractivity (Wildman–Crippen MR) is 84.2 cm³/mol. The zero-order chi connectivity index (χ0) is 16.2. The molecule has 0 aliphatic rings. The van der Waals surface area contributed by atoms with Crippen molar-refractivity contribution in [3.05, 3.63) is 76.6 Å². The Balaban J connectivity index is 1.77. The maximum atomic E-state index is 13.3. The highest BCUT2D eigenvalue weighted by atomic mass is 19.1. The largest absolute Gasteiger partial charge is 0.349 e. The summed E-state index contributed by atoms with van der Waals surface area (Å²) in [6.07, 6.45) is 3.19. The Labute approximate surface area is 131 Å². The first kappa shape index (κ1) is 14.9. The minimum atomic E-state index is -0.480. The first-order valence-electron chi connectivity index (χ1n) is 7.09. The van der Waals surface area contributed by atoms with E-state index in [2.05, 4.69) is 10.3 Å². The van der Waals surface area contributed by atoms with Gasteiger partial charge in [0.15, 0.2) is 5.43 Å². The average molecular weight is 311 g/mol. The van der Waals surface area contributed by atoms with Crippen LogP contribution in [0.5, 0.6) is 0 Å². The van der Waals surface area contributed by atoms with Gasteiger partial charge in [0.05, 0.1) is 17.8 Å². The molecule has 3 rings (SSSR count). The van der Waals surface area contributed by atoms with Gasteiger partial charge in [0.25, 0.3) is 0 Å². The summed E-state index contributed by atoms with van der Waals surface area (Å²) >= 11 is 0. The Morgan fingerprint density at radius 2 is 2.09 bits per heavy atom. The number of aromatic nitrogens is 2. The standard InChI is InChI=1S/C17H14FN3O2/c18-12-4-5-15-14(9-12)16(22)6-8-21(15)11-17(23)20-10-13-3-1-2-7-19-13/h1-9H,10-11H2,(H,20,23). The molecule has 0 atom stereocenters. The summed E-state index contributed by atoms with van der Waals surface area (Å²) in [7, 11) is 0. The van der Waals surface area contributed by atoms with E-state index in [0.717, 1.165) is 5.69 Å². The molecule has 1 aromatic carbocycles. The van der Waals surface area contributed by atoms with E-state index in [1.54, 1.807) is 16.8 Å². The number of fused-ring (bicyclic) bond motifs is 1. The number of nitrogens with one attached hydrogen (secondary N) is 1. The molecule has 1 N–H and O–H groups in total. The Morgan fingerprint density at radius 3 is 2.87 bits per heavy atom. The van der Waals surface area contributed by atoms with Crippen molar-refractivity contribution in [1.29, 1.82) is 0 Å². The summed E-state index contributed by atoms with van der Waals surface area (Å²) in [4.78, 5) is 28.0. The van der Waals surface area contributed by atoms with Crippen LogP contribution in [0, 0.1) is 5.82 Å². The van der Waals surface area contributed by atoms with Gasteiger partial charge in [-0.1, -0.05) is 6.07 Å². The molecule has 2 heterocycles. The van der Waals surface area contributed by atoms with Gasteiger partial charge in [-0.15, -0.1) is 0 Å². The summed E-state index contributed by atoms with van der Waals surface area (Å²) in [5.74, 6) is -0.697. The molecule has 3 aromatic rings. The molecule has 0 aliphatic heterocycles. The Bertz CT molecular complexity index is 907. The third-order valence-electron chi connectivity index (χ3n) is 3.45. The molecule has 0 fully saturated rings. The van der Waals surface area contributed by atoms with Crippen LogP contribution in [-0.4, -0.2) is 15.5 Å². The maximum Gasteiger partial charge on any atom is 0.240 e. The van der Waals surface area contributed by atoms with Crippen LogP contribution in [0.3, 0.4) is 0 Å². The highest BCUT2D eigenvalue weighted by molar-refractivity contribution is 5.82. The summed E-state index contributed by atoms with van der Waals surface area (Å²) in [5, 5.41) is 3.02. The zero-order valence-electron chi connectivity index (χ0n) is 12.2.